The highest BCUT2D eigenvalue weighted by Gasteiger charge is 2.10. The molecule has 0 radical (unpaired) electrons. The molecular weight excluding hydrogens is 442 g/mol. The molecule has 35 heavy (non-hydrogen) atoms. The topological polar surface area (TPSA) is 38.7 Å². The molecule has 2 atom stereocenters. The van der Waals surface area contributed by atoms with Crippen molar-refractivity contribution in [2.75, 3.05) is 0 Å². The van der Waals surface area contributed by atoms with Crippen LogP contribution in [-0.2, 0) is 6.42 Å². The molecule has 2 aromatic rings. The first-order valence-corrected chi connectivity index (χ1v) is 16.6. The molecule has 2 rings (SSSR count). The fourth-order valence-corrected chi connectivity index (χ4v) is 6.72. The second-order valence-electron chi connectivity index (χ2n) is 11.0. The van der Waals surface area contributed by atoms with Crippen LogP contribution < -0.4 is 5.32 Å². The van der Waals surface area contributed by atoms with Gasteiger partial charge in [0.15, 0.2) is 0 Å². The van der Waals surface area contributed by atoms with Gasteiger partial charge < -0.3 is 0 Å². The summed E-state index contributed by atoms with van der Waals surface area (Å²) in [6, 6.07) is 9.91. The van der Waals surface area contributed by atoms with Gasteiger partial charge >= 0.3 is 0 Å². The summed E-state index contributed by atoms with van der Waals surface area (Å²) in [5.41, 5.74) is 3.33. The van der Waals surface area contributed by atoms with E-state index >= 15 is 0 Å². The van der Waals surface area contributed by atoms with Crippen molar-refractivity contribution in [3.05, 3.63) is 36.2 Å². The average molecular weight is 496 g/mol. The lowest BCUT2D eigenvalue weighted by Crippen LogP contribution is -2.21. The third-order valence-corrected chi connectivity index (χ3v) is 9.38. The molecule has 0 aliphatic rings. The molecule has 2 unspecified atom stereocenters. The zero-order valence-corrected chi connectivity index (χ0v) is 24.8. The molecule has 196 valence electrons. The molecule has 0 bridgehead atoms. The van der Waals surface area contributed by atoms with E-state index in [0.717, 1.165) is 29.6 Å². The van der Waals surface area contributed by atoms with E-state index in [1.807, 2.05) is 12.3 Å². The summed E-state index contributed by atoms with van der Waals surface area (Å²) in [4.78, 5) is 4.76. The van der Waals surface area contributed by atoms with Crippen LogP contribution in [0, 0.1) is 11.8 Å². The van der Waals surface area contributed by atoms with Gasteiger partial charge in [0.25, 0.3) is 0 Å². The number of aromatic nitrogens is 3. The van der Waals surface area contributed by atoms with Crippen LogP contribution in [0.15, 0.2) is 30.5 Å². The van der Waals surface area contributed by atoms with Crippen LogP contribution in [0.1, 0.15) is 123 Å². The maximum absolute atomic E-state index is 4.76. The largest absolute Gasteiger partial charge is 0.266 e. The lowest BCUT2D eigenvalue weighted by atomic mass is 9.91. The highest BCUT2D eigenvalue weighted by molar-refractivity contribution is 6.54. The summed E-state index contributed by atoms with van der Waals surface area (Å²) < 4.78 is 0. The van der Waals surface area contributed by atoms with Crippen molar-refractivity contribution >= 4 is 14.8 Å². The van der Waals surface area contributed by atoms with Gasteiger partial charge in [0.1, 0.15) is 0 Å². The molecule has 2 aromatic heterocycles. The van der Waals surface area contributed by atoms with Crippen molar-refractivity contribution in [3.8, 4) is 11.3 Å². The average Bonchev–Trinajstić information content (AvgIpc) is 2.88. The Kier molecular flexibility index (Phi) is 15.8. The van der Waals surface area contributed by atoms with E-state index < -0.39 is 0 Å². The smallest absolute Gasteiger partial charge is 0.0943 e. The zero-order chi connectivity index (χ0) is 25.1. The highest BCUT2D eigenvalue weighted by Crippen LogP contribution is 2.21. The summed E-state index contributed by atoms with van der Waals surface area (Å²) in [7, 11) is -0.376. The monoisotopic (exact) mass is 495 g/mol. The van der Waals surface area contributed by atoms with E-state index in [1.54, 1.807) is 0 Å². The fraction of sp³-hybridized carbons (Fsp3) is 0.710. The lowest BCUT2D eigenvalue weighted by molar-refractivity contribution is 0.382. The molecule has 0 aliphatic carbocycles. The summed E-state index contributed by atoms with van der Waals surface area (Å²) >= 11 is 0. The van der Waals surface area contributed by atoms with Crippen LogP contribution in [0.25, 0.3) is 11.3 Å². The van der Waals surface area contributed by atoms with Gasteiger partial charge in [-0.3, -0.25) is 4.98 Å². The second-order valence-corrected chi connectivity index (χ2v) is 12.8. The van der Waals surface area contributed by atoms with Gasteiger partial charge in [-0.2, -0.15) is 10.2 Å². The van der Waals surface area contributed by atoms with E-state index in [9.17, 15) is 0 Å². The van der Waals surface area contributed by atoms with Gasteiger partial charge in [-0.15, -0.1) is 0 Å². The first kappa shape index (κ1) is 29.7. The molecule has 0 N–H and O–H groups in total. The summed E-state index contributed by atoms with van der Waals surface area (Å²) in [5, 5.41) is 10.4. The maximum atomic E-state index is 4.76. The van der Waals surface area contributed by atoms with Crippen molar-refractivity contribution in [1.29, 1.82) is 0 Å². The van der Waals surface area contributed by atoms with Crippen LogP contribution in [0.2, 0.25) is 6.04 Å². The number of hydrogen-bond acceptors (Lipinski definition) is 3. The minimum atomic E-state index is -0.376. The maximum Gasteiger partial charge on any atom is 0.0943 e. The number of nitrogens with zero attached hydrogens (tertiary/aromatic N) is 3. The van der Waals surface area contributed by atoms with E-state index in [2.05, 4.69) is 56.1 Å². The number of unbranched alkanes of at least 4 members (excludes halogenated alkanes) is 7. The van der Waals surface area contributed by atoms with Crippen LogP contribution in [0.3, 0.4) is 0 Å². The second kappa shape index (κ2) is 18.7. The molecule has 0 aliphatic heterocycles. The van der Waals surface area contributed by atoms with E-state index in [0.29, 0.717) is 0 Å². The predicted octanol–water partition coefficient (Wildman–Crippen LogP) is 8.07. The third kappa shape index (κ3) is 12.8. The molecule has 2 heterocycles. The highest BCUT2D eigenvalue weighted by atomic mass is 28.2. The van der Waals surface area contributed by atoms with E-state index in [-0.39, 0.29) is 9.52 Å². The minimum absolute atomic E-state index is 0.376. The number of rotatable bonds is 20. The third-order valence-electron chi connectivity index (χ3n) is 7.49. The van der Waals surface area contributed by atoms with Crippen molar-refractivity contribution in [1.82, 2.24) is 15.2 Å². The van der Waals surface area contributed by atoms with Gasteiger partial charge in [0.2, 0.25) is 0 Å². The number of hydrogen-bond donors (Lipinski definition) is 0. The normalized spacial score (nSPS) is 13.5. The molecule has 3 nitrogen and oxygen atoms in total. The van der Waals surface area contributed by atoms with Crippen LogP contribution in [-0.4, -0.2) is 24.7 Å². The molecule has 0 saturated heterocycles. The number of aryl methyl sites for hydroxylation is 1. The Hall–Kier alpha value is -1.55. The van der Waals surface area contributed by atoms with Gasteiger partial charge in [0.05, 0.1) is 20.9 Å². The SMILES string of the molecule is CCCCCCCc1ccc(-c2cccnc2[SiH2]CCCCC(C)CCC(C)CCCCC)nn1. The number of pyridine rings is 1. The van der Waals surface area contributed by atoms with E-state index in [1.165, 1.54) is 107 Å². The van der Waals surface area contributed by atoms with Gasteiger partial charge in [-0.05, 0) is 48.9 Å². The molecule has 0 amide bonds. The van der Waals surface area contributed by atoms with Crippen molar-refractivity contribution < 1.29 is 0 Å². The van der Waals surface area contributed by atoms with Gasteiger partial charge in [0, 0.05) is 17.1 Å². The Morgan fingerprint density at radius 1 is 0.714 bits per heavy atom. The fourth-order valence-electron chi connectivity index (χ4n) is 4.98. The van der Waals surface area contributed by atoms with Crippen LogP contribution >= 0.6 is 0 Å². The molecule has 0 aromatic carbocycles. The van der Waals surface area contributed by atoms with Crippen molar-refractivity contribution in [2.45, 2.75) is 130 Å². The summed E-state index contributed by atoms with van der Waals surface area (Å²) in [6.07, 6.45) is 22.0. The predicted molar refractivity (Wildman–Crippen MR) is 156 cm³/mol. The van der Waals surface area contributed by atoms with Crippen LogP contribution in [0.5, 0.6) is 0 Å². The summed E-state index contributed by atoms with van der Waals surface area (Å²) in [6.45, 7) is 9.47. The Labute approximate surface area is 219 Å². The summed E-state index contributed by atoms with van der Waals surface area (Å²) in [5.74, 6) is 1.78. The quantitative estimate of drug-likeness (QED) is 0.138. The lowest BCUT2D eigenvalue weighted by Gasteiger charge is -2.15. The van der Waals surface area contributed by atoms with E-state index in [4.69, 9.17) is 4.98 Å². The standard InChI is InChI=1S/C31H53N3Si/c1-5-7-9-10-12-18-28-22-23-30(34-33-28)29-19-15-24-32-31(29)35-25-14-13-17-27(4)21-20-26(3)16-11-8-6-2/h15,19,22-24,26-27H,5-14,16-18,20-21,25,35H2,1-4H3. The first-order chi connectivity index (χ1) is 17.1. The van der Waals surface area contributed by atoms with Crippen LogP contribution in [0.4, 0.5) is 0 Å². The Morgan fingerprint density at radius 2 is 1.40 bits per heavy atom. The minimum Gasteiger partial charge on any atom is -0.266 e. The molecule has 4 heteroatoms. The van der Waals surface area contributed by atoms with Gasteiger partial charge in [-0.25, -0.2) is 0 Å². The molecular formula is C31H53N3Si. The first-order valence-electron chi connectivity index (χ1n) is 14.9. The molecule has 0 spiro atoms. The Balaban J connectivity index is 1.69. The molecule has 0 saturated carbocycles. The Bertz CT molecular complexity index is 777. The Morgan fingerprint density at radius 3 is 2.09 bits per heavy atom. The van der Waals surface area contributed by atoms with Crippen molar-refractivity contribution in [3.63, 3.8) is 0 Å². The molecule has 0 fully saturated rings. The van der Waals surface area contributed by atoms with Crippen molar-refractivity contribution in [2.24, 2.45) is 11.8 Å². The van der Waals surface area contributed by atoms with Gasteiger partial charge in [-0.1, -0.05) is 117 Å². The zero-order valence-electron chi connectivity index (χ0n) is 23.4.